The number of amides is 1. The lowest BCUT2D eigenvalue weighted by molar-refractivity contribution is -0.107. The van der Waals surface area contributed by atoms with Gasteiger partial charge < -0.3 is 9.53 Å². The number of unbranched alkanes of at least 4 members (excludes halogenated alkanes) is 2. The lowest BCUT2D eigenvalue weighted by Gasteiger charge is -2.26. The van der Waals surface area contributed by atoms with Crippen LogP contribution < -0.4 is 0 Å². The van der Waals surface area contributed by atoms with Gasteiger partial charge in [-0.15, -0.1) is 0 Å². The summed E-state index contributed by atoms with van der Waals surface area (Å²) in [6, 6.07) is 5.54. The van der Waals surface area contributed by atoms with Crippen molar-refractivity contribution in [3.05, 3.63) is 42.0 Å². The van der Waals surface area contributed by atoms with Crippen molar-refractivity contribution in [3.8, 4) is 0 Å². The number of carbonyl (C=O) groups is 2. The highest BCUT2D eigenvalue weighted by molar-refractivity contribution is 7.89. The normalized spacial score (nSPS) is 19.8. The zero-order chi connectivity index (χ0) is 20.0. The van der Waals surface area contributed by atoms with E-state index >= 15 is 0 Å². The summed E-state index contributed by atoms with van der Waals surface area (Å²) in [5.74, 6) is 0. The van der Waals surface area contributed by atoms with E-state index in [-0.39, 0.29) is 11.3 Å². The largest absolute Gasteiger partial charge is 0.443 e. The SMILES string of the molecule is C=C(CCC=O)C1C(CCCCC)OC(=O)N1S(=O)(=O)c1ccc(C)cc1. The van der Waals surface area contributed by atoms with E-state index in [0.29, 0.717) is 18.4 Å². The van der Waals surface area contributed by atoms with Gasteiger partial charge in [-0.1, -0.05) is 44.0 Å². The number of aryl methyl sites for hydroxylation is 1. The van der Waals surface area contributed by atoms with Crippen molar-refractivity contribution in [2.45, 2.75) is 69.4 Å². The third-order valence-electron chi connectivity index (χ3n) is 4.71. The van der Waals surface area contributed by atoms with Gasteiger partial charge in [0.2, 0.25) is 0 Å². The highest BCUT2D eigenvalue weighted by Gasteiger charge is 2.49. The van der Waals surface area contributed by atoms with Crippen LogP contribution in [0.3, 0.4) is 0 Å². The Labute approximate surface area is 161 Å². The lowest BCUT2D eigenvalue weighted by Crippen LogP contribution is -2.42. The lowest BCUT2D eigenvalue weighted by atomic mass is 9.96. The van der Waals surface area contributed by atoms with Gasteiger partial charge in [-0.2, -0.15) is 4.31 Å². The number of carbonyl (C=O) groups excluding carboxylic acids is 2. The monoisotopic (exact) mass is 393 g/mol. The van der Waals surface area contributed by atoms with Crippen LogP contribution in [0.15, 0.2) is 41.3 Å². The fraction of sp³-hybridized carbons (Fsp3) is 0.500. The molecular formula is C20H27NO5S. The number of nitrogens with zero attached hydrogens (tertiary/aromatic N) is 1. The number of ether oxygens (including phenoxy) is 1. The Morgan fingerprint density at radius 3 is 2.52 bits per heavy atom. The van der Waals surface area contributed by atoms with Gasteiger partial charge in [0.25, 0.3) is 10.0 Å². The van der Waals surface area contributed by atoms with Crippen molar-refractivity contribution in [2.24, 2.45) is 0 Å². The van der Waals surface area contributed by atoms with Crippen molar-refractivity contribution in [2.75, 3.05) is 0 Å². The van der Waals surface area contributed by atoms with Gasteiger partial charge in [0.05, 0.1) is 4.90 Å². The van der Waals surface area contributed by atoms with Gasteiger partial charge in [-0.05, 0) is 43.9 Å². The molecule has 1 aliphatic heterocycles. The Hall–Kier alpha value is -2.15. The number of hydrogen-bond donors (Lipinski definition) is 0. The molecule has 2 unspecified atom stereocenters. The van der Waals surface area contributed by atoms with E-state index in [0.717, 1.165) is 35.4 Å². The Morgan fingerprint density at radius 2 is 1.93 bits per heavy atom. The van der Waals surface area contributed by atoms with Crippen LogP contribution in [0.4, 0.5) is 4.79 Å². The van der Waals surface area contributed by atoms with Gasteiger partial charge in [0.1, 0.15) is 18.4 Å². The standard InChI is InChI=1S/C20H27NO5S/c1-4-5-6-9-18-19(16(3)8-7-14-22)21(20(23)26-18)27(24,25)17-12-10-15(2)11-13-17/h10-14,18-19H,3-9H2,1-2H3. The first kappa shape index (κ1) is 21.2. The Kier molecular flexibility index (Phi) is 7.18. The van der Waals surface area contributed by atoms with Crippen molar-refractivity contribution < 1.29 is 22.7 Å². The highest BCUT2D eigenvalue weighted by Crippen LogP contribution is 2.34. The number of aldehydes is 1. The quantitative estimate of drug-likeness (QED) is 0.341. The predicted octanol–water partition coefficient (Wildman–Crippen LogP) is 3.99. The molecule has 7 heteroatoms. The smallest absolute Gasteiger partial charge is 0.424 e. The summed E-state index contributed by atoms with van der Waals surface area (Å²) in [5.41, 5.74) is 1.44. The molecule has 1 saturated heterocycles. The average Bonchev–Trinajstić information content (AvgIpc) is 2.97. The van der Waals surface area contributed by atoms with Crippen LogP contribution in [-0.2, 0) is 19.6 Å². The van der Waals surface area contributed by atoms with Crippen molar-refractivity contribution in [1.29, 1.82) is 0 Å². The van der Waals surface area contributed by atoms with E-state index in [1.165, 1.54) is 12.1 Å². The third-order valence-corrected chi connectivity index (χ3v) is 6.47. The maximum atomic E-state index is 13.1. The first-order valence-electron chi connectivity index (χ1n) is 9.26. The summed E-state index contributed by atoms with van der Waals surface area (Å²) in [5, 5.41) is 0. The topological polar surface area (TPSA) is 80.8 Å². The number of sulfonamides is 1. The molecule has 1 amide bonds. The van der Waals surface area contributed by atoms with E-state index in [2.05, 4.69) is 13.5 Å². The molecule has 6 nitrogen and oxygen atoms in total. The third kappa shape index (κ3) is 4.77. The molecule has 1 aromatic rings. The minimum absolute atomic E-state index is 0.0347. The van der Waals surface area contributed by atoms with Gasteiger partial charge in [-0.3, -0.25) is 0 Å². The zero-order valence-corrected chi connectivity index (χ0v) is 16.7. The second-order valence-corrected chi connectivity index (χ2v) is 8.66. The number of benzene rings is 1. The molecule has 0 aliphatic carbocycles. The summed E-state index contributed by atoms with van der Waals surface area (Å²) in [6.45, 7) is 7.88. The predicted molar refractivity (Wildman–Crippen MR) is 103 cm³/mol. The Balaban J connectivity index is 2.37. The summed E-state index contributed by atoms with van der Waals surface area (Å²) in [4.78, 5) is 23.3. The second-order valence-electron chi connectivity index (χ2n) is 6.84. The summed E-state index contributed by atoms with van der Waals surface area (Å²) >= 11 is 0. The van der Waals surface area contributed by atoms with Gasteiger partial charge in [0, 0.05) is 6.42 Å². The minimum atomic E-state index is -4.08. The second kappa shape index (κ2) is 9.17. The molecule has 2 atom stereocenters. The molecule has 2 rings (SSSR count). The number of hydrogen-bond acceptors (Lipinski definition) is 5. The van der Waals surface area contributed by atoms with E-state index in [1.807, 2.05) is 6.92 Å². The van der Waals surface area contributed by atoms with Gasteiger partial charge in [0.15, 0.2) is 0 Å². The molecule has 0 radical (unpaired) electrons. The molecular weight excluding hydrogens is 366 g/mol. The summed E-state index contributed by atoms with van der Waals surface area (Å²) in [6.07, 6.45) is 3.19. The Bertz CT molecular complexity index is 785. The molecule has 148 valence electrons. The highest BCUT2D eigenvalue weighted by atomic mass is 32.2. The van der Waals surface area contributed by atoms with Crippen LogP contribution in [0.5, 0.6) is 0 Å². The van der Waals surface area contributed by atoms with E-state index in [9.17, 15) is 18.0 Å². The molecule has 0 bridgehead atoms. The average molecular weight is 394 g/mol. The van der Waals surface area contributed by atoms with Crippen LogP contribution in [-0.4, -0.2) is 37.2 Å². The molecule has 0 N–H and O–H groups in total. The molecule has 1 aliphatic rings. The van der Waals surface area contributed by atoms with E-state index in [1.54, 1.807) is 12.1 Å². The van der Waals surface area contributed by atoms with Gasteiger partial charge in [-0.25, -0.2) is 13.2 Å². The first-order chi connectivity index (χ1) is 12.8. The maximum Gasteiger partial charge on any atom is 0.424 e. The summed E-state index contributed by atoms with van der Waals surface area (Å²) in [7, 11) is -4.08. The molecule has 0 aromatic heterocycles. The van der Waals surface area contributed by atoms with Crippen LogP contribution in [0.2, 0.25) is 0 Å². The van der Waals surface area contributed by atoms with Crippen molar-refractivity contribution in [1.82, 2.24) is 4.31 Å². The fourth-order valence-electron chi connectivity index (χ4n) is 3.22. The first-order valence-corrected chi connectivity index (χ1v) is 10.7. The molecule has 1 fully saturated rings. The van der Waals surface area contributed by atoms with E-state index in [4.69, 9.17) is 4.74 Å². The van der Waals surface area contributed by atoms with Crippen LogP contribution >= 0.6 is 0 Å². The maximum absolute atomic E-state index is 13.1. The van der Waals surface area contributed by atoms with Crippen LogP contribution in [0, 0.1) is 6.92 Å². The number of cyclic esters (lactones) is 1. The molecule has 27 heavy (non-hydrogen) atoms. The van der Waals surface area contributed by atoms with Gasteiger partial charge >= 0.3 is 6.09 Å². The molecule has 0 spiro atoms. The fourth-order valence-corrected chi connectivity index (χ4v) is 4.75. The molecule has 1 aromatic carbocycles. The molecule has 1 heterocycles. The van der Waals surface area contributed by atoms with Crippen LogP contribution in [0.1, 0.15) is 51.0 Å². The van der Waals surface area contributed by atoms with Crippen LogP contribution in [0.25, 0.3) is 0 Å². The number of rotatable bonds is 10. The van der Waals surface area contributed by atoms with Crippen molar-refractivity contribution in [3.63, 3.8) is 0 Å². The molecule has 0 saturated carbocycles. The Morgan fingerprint density at radius 1 is 1.26 bits per heavy atom. The zero-order valence-electron chi connectivity index (χ0n) is 15.9. The minimum Gasteiger partial charge on any atom is -0.443 e. The van der Waals surface area contributed by atoms with E-state index < -0.39 is 28.3 Å². The summed E-state index contributed by atoms with van der Waals surface area (Å²) < 4.78 is 32.5. The van der Waals surface area contributed by atoms with Crippen molar-refractivity contribution >= 4 is 22.4 Å².